The SMILES string of the molecule is Cc1cc(F)ccc1S(=O)(=O)N1Cc2ccccc2OC(C)C1. The summed E-state index contributed by atoms with van der Waals surface area (Å²) in [5.41, 5.74) is 1.22. The second-order valence-corrected chi connectivity index (χ2v) is 7.65. The minimum atomic E-state index is -3.72. The maximum Gasteiger partial charge on any atom is 0.243 e. The molecule has 2 aromatic carbocycles. The average molecular weight is 335 g/mol. The van der Waals surface area contributed by atoms with Crippen LogP contribution in [0.3, 0.4) is 0 Å². The molecule has 0 amide bonds. The van der Waals surface area contributed by atoms with E-state index in [1.165, 1.54) is 22.5 Å². The van der Waals surface area contributed by atoms with Crippen LogP contribution in [0.4, 0.5) is 4.39 Å². The van der Waals surface area contributed by atoms with Gasteiger partial charge in [0.05, 0.1) is 11.4 Å². The highest BCUT2D eigenvalue weighted by Gasteiger charge is 2.31. The predicted molar refractivity (Wildman–Crippen MR) is 85.3 cm³/mol. The summed E-state index contributed by atoms with van der Waals surface area (Å²) >= 11 is 0. The van der Waals surface area contributed by atoms with E-state index in [0.29, 0.717) is 11.3 Å². The molecular formula is C17H18FNO3S. The zero-order valence-electron chi connectivity index (χ0n) is 13.0. The van der Waals surface area contributed by atoms with Crippen LogP contribution in [0.5, 0.6) is 5.75 Å². The smallest absolute Gasteiger partial charge is 0.243 e. The van der Waals surface area contributed by atoms with E-state index in [-0.39, 0.29) is 24.1 Å². The Hall–Kier alpha value is -1.92. The molecule has 23 heavy (non-hydrogen) atoms. The molecule has 3 rings (SSSR count). The Bertz CT molecular complexity index is 835. The van der Waals surface area contributed by atoms with Crippen molar-refractivity contribution in [2.75, 3.05) is 6.54 Å². The van der Waals surface area contributed by atoms with E-state index in [1.807, 2.05) is 31.2 Å². The number of ether oxygens (including phenoxy) is 1. The quantitative estimate of drug-likeness (QED) is 0.847. The topological polar surface area (TPSA) is 46.6 Å². The number of hydrogen-bond donors (Lipinski definition) is 0. The highest BCUT2D eigenvalue weighted by atomic mass is 32.2. The van der Waals surface area contributed by atoms with Crippen molar-refractivity contribution in [2.24, 2.45) is 0 Å². The average Bonchev–Trinajstić information content (AvgIpc) is 2.65. The van der Waals surface area contributed by atoms with Crippen LogP contribution < -0.4 is 4.74 Å². The fourth-order valence-electron chi connectivity index (χ4n) is 2.77. The molecule has 1 unspecified atom stereocenters. The van der Waals surface area contributed by atoms with Crippen molar-refractivity contribution in [3.8, 4) is 5.75 Å². The number of para-hydroxylation sites is 1. The molecule has 1 aliphatic heterocycles. The van der Waals surface area contributed by atoms with Crippen molar-refractivity contribution >= 4 is 10.0 Å². The second kappa shape index (κ2) is 5.94. The summed E-state index contributed by atoms with van der Waals surface area (Å²) < 4.78 is 46.4. The molecular weight excluding hydrogens is 317 g/mol. The lowest BCUT2D eigenvalue weighted by molar-refractivity contribution is 0.201. The third-order valence-electron chi connectivity index (χ3n) is 3.86. The summed E-state index contributed by atoms with van der Waals surface area (Å²) in [4.78, 5) is 0.130. The zero-order valence-corrected chi connectivity index (χ0v) is 13.8. The standard InChI is InChI=1S/C17H18FNO3S/c1-12-9-15(18)7-8-17(12)23(20,21)19-10-13(2)22-16-6-4-3-5-14(16)11-19/h3-9,13H,10-11H2,1-2H3. The molecule has 0 spiro atoms. The summed E-state index contributed by atoms with van der Waals surface area (Å²) in [5, 5.41) is 0. The maximum absolute atomic E-state index is 13.3. The van der Waals surface area contributed by atoms with Crippen molar-refractivity contribution in [3.63, 3.8) is 0 Å². The van der Waals surface area contributed by atoms with Crippen LogP contribution >= 0.6 is 0 Å². The third-order valence-corrected chi connectivity index (χ3v) is 5.83. The zero-order chi connectivity index (χ0) is 16.6. The largest absolute Gasteiger partial charge is 0.489 e. The molecule has 1 aliphatic rings. The van der Waals surface area contributed by atoms with Gasteiger partial charge in [0.1, 0.15) is 17.7 Å². The van der Waals surface area contributed by atoms with Gasteiger partial charge >= 0.3 is 0 Å². The molecule has 0 radical (unpaired) electrons. The maximum atomic E-state index is 13.3. The molecule has 4 nitrogen and oxygen atoms in total. The van der Waals surface area contributed by atoms with Gasteiger partial charge in [0.15, 0.2) is 0 Å². The second-order valence-electron chi connectivity index (χ2n) is 5.74. The Labute approximate surface area is 135 Å². The summed E-state index contributed by atoms with van der Waals surface area (Å²) in [5.74, 6) is 0.257. The van der Waals surface area contributed by atoms with Gasteiger partial charge in [-0.05, 0) is 43.7 Å². The van der Waals surface area contributed by atoms with E-state index in [0.717, 1.165) is 5.56 Å². The number of rotatable bonds is 2. The Morgan fingerprint density at radius 3 is 2.70 bits per heavy atom. The molecule has 1 atom stereocenters. The molecule has 0 N–H and O–H groups in total. The minimum Gasteiger partial charge on any atom is -0.489 e. The molecule has 0 saturated carbocycles. The predicted octanol–water partition coefficient (Wildman–Crippen LogP) is 3.11. The summed E-state index contributed by atoms with van der Waals surface area (Å²) in [6.07, 6.45) is -0.269. The van der Waals surface area contributed by atoms with Crippen LogP contribution in [0.15, 0.2) is 47.4 Å². The first-order valence-electron chi connectivity index (χ1n) is 7.39. The first-order chi connectivity index (χ1) is 10.9. The summed E-state index contributed by atoms with van der Waals surface area (Å²) in [6.45, 7) is 3.91. The first kappa shape index (κ1) is 16.0. The highest BCUT2D eigenvalue weighted by Crippen LogP contribution is 2.29. The lowest BCUT2D eigenvalue weighted by Crippen LogP contribution is -2.36. The van der Waals surface area contributed by atoms with Crippen molar-refractivity contribution in [2.45, 2.75) is 31.4 Å². The lowest BCUT2D eigenvalue weighted by atomic mass is 10.2. The number of sulfonamides is 1. The van der Waals surface area contributed by atoms with Gasteiger partial charge in [-0.3, -0.25) is 0 Å². The summed E-state index contributed by atoms with van der Waals surface area (Å²) in [7, 11) is -3.72. The fraction of sp³-hybridized carbons (Fsp3) is 0.294. The van der Waals surface area contributed by atoms with E-state index in [1.54, 1.807) is 6.92 Å². The van der Waals surface area contributed by atoms with E-state index >= 15 is 0 Å². The third kappa shape index (κ3) is 3.09. The molecule has 2 aromatic rings. The number of halogens is 1. The summed E-state index contributed by atoms with van der Waals surface area (Å²) in [6, 6.07) is 11.1. The van der Waals surface area contributed by atoms with Gasteiger partial charge in [-0.2, -0.15) is 4.31 Å². The van der Waals surface area contributed by atoms with Crippen LogP contribution in [0.25, 0.3) is 0 Å². The number of nitrogens with zero attached hydrogens (tertiary/aromatic N) is 1. The Kier molecular flexibility index (Phi) is 4.12. The molecule has 0 bridgehead atoms. The number of fused-ring (bicyclic) bond motifs is 1. The van der Waals surface area contributed by atoms with Gasteiger partial charge in [-0.1, -0.05) is 18.2 Å². The Morgan fingerprint density at radius 1 is 1.22 bits per heavy atom. The van der Waals surface area contributed by atoms with E-state index in [4.69, 9.17) is 4.74 Å². The van der Waals surface area contributed by atoms with Gasteiger partial charge in [-0.25, -0.2) is 12.8 Å². The van der Waals surface area contributed by atoms with Crippen LogP contribution in [-0.2, 0) is 16.6 Å². The lowest BCUT2D eigenvalue weighted by Gasteiger charge is -2.22. The number of aryl methyl sites for hydroxylation is 1. The van der Waals surface area contributed by atoms with E-state index < -0.39 is 15.8 Å². The minimum absolute atomic E-state index is 0.130. The molecule has 0 aliphatic carbocycles. The van der Waals surface area contributed by atoms with Crippen molar-refractivity contribution < 1.29 is 17.5 Å². The van der Waals surface area contributed by atoms with Crippen LogP contribution in [0.1, 0.15) is 18.1 Å². The van der Waals surface area contributed by atoms with Gasteiger partial charge in [-0.15, -0.1) is 0 Å². The van der Waals surface area contributed by atoms with Crippen LogP contribution in [-0.4, -0.2) is 25.4 Å². The fourth-order valence-corrected chi connectivity index (χ4v) is 4.47. The number of benzene rings is 2. The van der Waals surface area contributed by atoms with E-state index in [9.17, 15) is 12.8 Å². The molecule has 1 heterocycles. The van der Waals surface area contributed by atoms with Crippen molar-refractivity contribution in [1.82, 2.24) is 4.31 Å². The van der Waals surface area contributed by atoms with Crippen LogP contribution in [0, 0.1) is 12.7 Å². The monoisotopic (exact) mass is 335 g/mol. The number of hydrogen-bond acceptors (Lipinski definition) is 3. The highest BCUT2D eigenvalue weighted by molar-refractivity contribution is 7.89. The van der Waals surface area contributed by atoms with Gasteiger partial charge in [0.2, 0.25) is 10.0 Å². The Balaban J connectivity index is 2.02. The first-order valence-corrected chi connectivity index (χ1v) is 8.83. The molecule has 6 heteroatoms. The molecule has 0 saturated heterocycles. The van der Waals surface area contributed by atoms with Gasteiger partial charge < -0.3 is 4.74 Å². The Morgan fingerprint density at radius 2 is 1.96 bits per heavy atom. The molecule has 0 aromatic heterocycles. The van der Waals surface area contributed by atoms with Gasteiger partial charge in [0.25, 0.3) is 0 Å². The van der Waals surface area contributed by atoms with Crippen molar-refractivity contribution in [1.29, 1.82) is 0 Å². The normalized spacial score (nSPS) is 18.8. The van der Waals surface area contributed by atoms with Crippen molar-refractivity contribution in [3.05, 3.63) is 59.4 Å². The van der Waals surface area contributed by atoms with E-state index in [2.05, 4.69) is 0 Å². The molecule has 0 fully saturated rings. The molecule has 122 valence electrons. The van der Waals surface area contributed by atoms with Gasteiger partial charge in [0, 0.05) is 12.1 Å². The van der Waals surface area contributed by atoms with Crippen LogP contribution in [0.2, 0.25) is 0 Å².